The van der Waals surface area contributed by atoms with E-state index in [1.165, 1.54) is 0 Å². The van der Waals surface area contributed by atoms with E-state index < -0.39 is 5.60 Å². The summed E-state index contributed by atoms with van der Waals surface area (Å²) in [6, 6.07) is 33.4. The number of benzene rings is 6. The zero-order chi connectivity index (χ0) is 33.7. The molecule has 2 aliphatic carbocycles. The molecule has 1 N–H and O–H groups in total. The molecular weight excluding hydrogens is 612 g/mol. The van der Waals surface area contributed by atoms with Crippen LogP contribution in [0.25, 0.3) is 27.6 Å². The highest BCUT2D eigenvalue weighted by Gasteiger charge is 2.40. The Morgan fingerprint density at radius 2 is 1.16 bits per heavy atom. The predicted octanol–water partition coefficient (Wildman–Crippen LogP) is 9.01. The van der Waals surface area contributed by atoms with Gasteiger partial charge in [-0.15, -0.1) is 0 Å². The van der Waals surface area contributed by atoms with Gasteiger partial charge in [-0.3, -0.25) is 9.59 Å². The average Bonchev–Trinajstić information content (AvgIpc) is 3.74. The van der Waals surface area contributed by atoms with Gasteiger partial charge < -0.3 is 19.3 Å². The van der Waals surface area contributed by atoms with Crippen molar-refractivity contribution >= 4 is 39.2 Å². The van der Waals surface area contributed by atoms with Crippen molar-refractivity contribution in [3.63, 3.8) is 0 Å². The van der Waals surface area contributed by atoms with Crippen molar-refractivity contribution in [2.75, 3.05) is 14.2 Å². The summed E-state index contributed by atoms with van der Waals surface area (Å²) in [4.78, 5) is 24.5. The number of methoxy groups -OCH3 is 2. The van der Waals surface area contributed by atoms with Crippen LogP contribution >= 0.6 is 0 Å². The summed E-state index contributed by atoms with van der Waals surface area (Å²) in [5.74, 6) is 2.85. The van der Waals surface area contributed by atoms with Crippen LogP contribution in [-0.2, 0) is 18.4 Å². The normalized spacial score (nSPS) is 15.2. The lowest BCUT2D eigenvalue weighted by atomic mass is 9.82. The molecule has 0 bridgehead atoms. The molecular formula is C43H34O6. The molecule has 3 aliphatic rings. The van der Waals surface area contributed by atoms with Gasteiger partial charge in [0.1, 0.15) is 23.0 Å². The number of hydrogen-bond donors (Lipinski definition) is 1. The van der Waals surface area contributed by atoms with E-state index in [1.54, 1.807) is 20.3 Å². The molecule has 242 valence electrons. The van der Waals surface area contributed by atoms with Gasteiger partial charge in [-0.25, -0.2) is 0 Å². The molecule has 6 aromatic carbocycles. The molecule has 0 aromatic heterocycles. The quantitative estimate of drug-likeness (QED) is 0.206. The molecule has 49 heavy (non-hydrogen) atoms. The first-order valence-corrected chi connectivity index (χ1v) is 16.5. The number of aryl methyl sites for hydroxylation is 2. The van der Waals surface area contributed by atoms with Gasteiger partial charge in [-0.05, 0) is 77.2 Å². The maximum absolute atomic E-state index is 12.9. The highest BCUT2D eigenvalue weighted by atomic mass is 16.5. The molecule has 1 heterocycles. The number of fused-ring (bicyclic) bond motifs is 9. The maximum atomic E-state index is 12.9. The Morgan fingerprint density at radius 1 is 0.633 bits per heavy atom. The fourth-order valence-electron chi connectivity index (χ4n) is 7.57. The van der Waals surface area contributed by atoms with Crippen LogP contribution < -0.4 is 14.2 Å². The van der Waals surface area contributed by atoms with E-state index in [0.29, 0.717) is 18.4 Å². The third-order valence-corrected chi connectivity index (χ3v) is 10.0. The fourth-order valence-corrected chi connectivity index (χ4v) is 7.57. The topological polar surface area (TPSA) is 82.1 Å². The van der Waals surface area contributed by atoms with Crippen molar-refractivity contribution in [1.82, 2.24) is 0 Å². The number of ketones is 2. The highest BCUT2D eigenvalue weighted by Crippen LogP contribution is 2.49. The summed E-state index contributed by atoms with van der Waals surface area (Å²) in [6.45, 7) is 0. The Hall–Kier alpha value is -5.88. The number of carbonyl (C=O) groups is 2. The van der Waals surface area contributed by atoms with Crippen LogP contribution in [0, 0.1) is 0 Å². The van der Waals surface area contributed by atoms with Crippen LogP contribution in [0.15, 0.2) is 109 Å². The van der Waals surface area contributed by atoms with Gasteiger partial charge in [0.25, 0.3) is 0 Å². The second-order valence-corrected chi connectivity index (χ2v) is 12.6. The van der Waals surface area contributed by atoms with Gasteiger partial charge in [-0.2, -0.15) is 0 Å². The number of hydrogen-bond acceptors (Lipinski definition) is 6. The Labute approximate surface area is 284 Å². The first-order chi connectivity index (χ1) is 23.9. The number of phenolic OH excluding ortho intramolecular Hbond substituents is 1. The number of rotatable bonds is 4. The molecule has 0 fully saturated rings. The first kappa shape index (κ1) is 30.5. The highest BCUT2D eigenvalue weighted by molar-refractivity contribution is 6.12. The minimum absolute atomic E-state index is 0.144. The second kappa shape index (κ2) is 12.0. The van der Waals surface area contributed by atoms with E-state index in [1.807, 2.05) is 84.9 Å². The number of Topliss-reactive ketones (excluding diaryl/α,β-unsaturated/α-hetero) is 2. The van der Waals surface area contributed by atoms with E-state index in [2.05, 4.69) is 24.3 Å². The minimum atomic E-state index is -0.871. The third kappa shape index (κ3) is 4.94. The lowest BCUT2D eigenvalue weighted by molar-refractivity contribution is 0.0985. The zero-order valence-corrected chi connectivity index (χ0v) is 27.3. The Kier molecular flexibility index (Phi) is 7.44. The molecule has 0 saturated carbocycles. The average molecular weight is 647 g/mol. The van der Waals surface area contributed by atoms with Crippen LogP contribution in [-0.4, -0.2) is 30.9 Å². The molecule has 6 aromatic rings. The summed E-state index contributed by atoms with van der Waals surface area (Å²) < 4.78 is 17.8. The largest absolute Gasteiger partial charge is 0.507 e. The van der Waals surface area contributed by atoms with Gasteiger partial charge in [-0.1, -0.05) is 72.8 Å². The molecule has 0 atom stereocenters. The maximum Gasteiger partial charge on any atom is 0.178 e. The molecule has 9 rings (SSSR count). The van der Waals surface area contributed by atoms with Crippen LogP contribution in [0.4, 0.5) is 0 Å². The van der Waals surface area contributed by atoms with E-state index in [-0.39, 0.29) is 17.3 Å². The Morgan fingerprint density at radius 3 is 1.78 bits per heavy atom. The van der Waals surface area contributed by atoms with Gasteiger partial charge in [0.15, 0.2) is 17.2 Å². The van der Waals surface area contributed by atoms with Crippen molar-refractivity contribution in [2.24, 2.45) is 0 Å². The van der Waals surface area contributed by atoms with Crippen molar-refractivity contribution < 1.29 is 28.9 Å². The lowest BCUT2D eigenvalue weighted by Gasteiger charge is -2.37. The van der Waals surface area contributed by atoms with Gasteiger partial charge in [0.05, 0.1) is 14.2 Å². The van der Waals surface area contributed by atoms with E-state index in [0.717, 1.165) is 85.0 Å². The zero-order valence-electron chi connectivity index (χ0n) is 27.3. The summed E-state index contributed by atoms with van der Waals surface area (Å²) in [5.41, 5.74) is 5.68. The number of ether oxygens (including phenoxy) is 3. The smallest absolute Gasteiger partial charge is 0.178 e. The molecule has 0 amide bonds. The van der Waals surface area contributed by atoms with Gasteiger partial charge in [0.2, 0.25) is 0 Å². The van der Waals surface area contributed by atoms with Gasteiger partial charge >= 0.3 is 0 Å². The SMILES string of the molecule is COc1ccc(C2(c3ccc(OC)cc3)C=Cc3c4c(c5ccccc5c3O2)CCC4=O)cc1.O=C1CCc2c1cc(O)c1ccccc21. The lowest BCUT2D eigenvalue weighted by Crippen LogP contribution is -2.34. The number of aromatic hydroxyl groups is 1. The Bertz CT molecular complexity index is 2270. The molecule has 1 aliphatic heterocycles. The van der Waals surface area contributed by atoms with Crippen molar-refractivity contribution in [2.45, 2.75) is 31.3 Å². The van der Waals surface area contributed by atoms with Gasteiger partial charge in [0, 0.05) is 51.4 Å². The molecule has 6 heteroatoms. The van der Waals surface area contributed by atoms with E-state index in [4.69, 9.17) is 14.2 Å². The summed E-state index contributed by atoms with van der Waals surface area (Å²) in [6.07, 6.45) is 6.84. The summed E-state index contributed by atoms with van der Waals surface area (Å²) in [5, 5.41) is 13.8. The first-order valence-electron chi connectivity index (χ1n) is 16.5. The second-order valence-electron chi connectivity index (χ2n) is 12.6. The van der Waals surface area contributed by atoms with E-state index in [9.17, 15) is 14.7 Å². The van der Waals surface area contributed by atoms with Crippen molar-refractivity contribution in [1.29, 1.82) is 0 Å². The molecule has 0 radical (unpaired) electrons. The summed E-state index contributed by atoms with van der Waals surface area (Å²) in [7, 11) is 3.32. The molecule has 6 nitrogen and oxygen atoms in total. The third-order valence-electron chi connectivity index (χ3n) is 10.0. The fraction of sp³-hybridized carbons (Fsp3) is 0.163. The van der Waals surface area contributed by atoms with Crippen LogP contribution in [0.1, 0.15) is 61.4 Å². The van der Waals surface area contributed by atoms with Crippen LogP contribution in [0.3, 0.4) is 0 Å². The minimum Gasteiger partial charge on any atom is -0.507 e. The van der Waals surface area contributed by atoms with E-state index >= 15 is 0 Å². The van der Waals surface area contributed by atoms with Crippen molar-refractivity contribution in [3.8, 4) is 23.0 Å². The monoisotopic (exact) mass is 646 g/mol. The number of carbonyl (C=O) groups excluding carboxylic acids is 2. The van der Waals surface area contributed by atoms with Crippen LogP contribution in [0.2, 0.25) is 0 Å². The molecule has 0 saturated heterocycles. The number of phenols is 1. The standard InChI is InChI=1S/C30H24O4.C13H10O2/c1-32-21-11-7-19(8-12-21)30(20-9-13-22(33-2)14-10-20)18-17-26-28-24(15-16-27(28)31)23-5-3-4-6-25(23)29(26)34-30;14-12-6-5-9-8-3-1-2-4-10(8)13(15)7-11(9)12/h3-14,17-18H,15-16H2,1-2H3;1-4,7,15H,5-6H2. The molecule has 0 spiro atoms. The van der Waals surface area contributed by atoms with Crippen molar-refractivity contribution in [3.05, 3.63) is 148 Å². The summed E-state index contributed by atoms with van der Waals surface area (Å²) >= 11 is 0. The molecule has 0 unspecified atom stereocenters. The van der Waals surface area contributed by atoms with Crippen LogP contribution in [0.5, 0.6) is 23.0 Å². The Balaban J connectivity index is 0.000000193. The predicted molar refractivity (Wildman–Crippen MR) is 191 cm³/mol.